The fourth-order valence-corrected chi connectivity index (χ4v) is 3.38. The zero-order valence-electron chi connectivity index (χ0n) is 17.2. The van der Waals surface area contributed by atoms with E-state index in [0.717, 1.165) is 19.3 Å². The van der Waals surface area contributed by atoms with Gasteiger partial charge in [0, 0.05) is 25.2 Å². The third-order valence-electron chi connectivity index (χ3n) is 5.32. The predicted molar refractivity (Wildman–Crippen MR) is 109 cm³/mol. The maximum atomic E-state index is 12.2. The average Bonchev–Trinajstić information content (AvgIpc) is 3.05. The highest BCUT2D eigenvalue weighted by atomic mass is 16.5. The molecule has 2 N–H and O–H groups in total. The molecule has 0 bridgehead atoms. The van der Waals surface area contributed by atoms with Gasteiger partial charge in [0.25, 0.3) is 0 Å². The molecule has 156 valence electrons. The van der Waals surface area contributed by atoms with Gasteiger partial charge in [-0.1, -0.05) is 38.0 Å². The first-order valence-electron chi connectivity index (χ1n) is 10.1. The minimum Gasteiger partial charge on any atom is -0.467 e. The lowest BCUT2D eigenvalue weighted by Crippen LogP contribution is -2.24. The van der Waals surface area contributed by atoms with Crippen molar-refractivity contribution in [2.24, 2.45) is 11.8 Å². The van der Waals surface area contributed by atoms with Gasteiger partial charge in [0.1, 0.15) is 5.78 Å². The molecule has 0 aliphatic heterocycles. The Morgan fingerprint density at radius 3 is 2.86 bits per heavy atom. The van der Waals surface area contributed by atoms with Crippen molar-refractivity contribution in [1.29, 1.82) is 0 Å². The predicted octanol–water partition coefficient (Wildman–Crippen LogP) is 3.34. The van der Waals surface area contributed by atoms with Gasteiger partial charge in [0.2, 0.25) is 0 Å². The van der Waals surface area contributed by atoms with E-state index in [2.05, 4.69) is 30.1 Å². The normalized spacial score (nSPS) is 22.4. The fourth-order valence-electron chi connectivity index (χ4n) is 3.38. The van der Waals surface area contributed by atoms with Crippen molar-refractivity contribution < 1.29 is 24.5 Å². The summed E-state index contributed by atoms with van der Waals surface area (Å²) in [4.78, 5) is 23.3. The summed E-state index contributed by atoms with van der Waals surface area (Å²) < 4.78 is 4.46. The molecule has 5 nitrogen and oxygen atoms in total. The molecule has 0 aromatic rings. The van der Waals surface area contributed by atoms with Crippen LogP contribution < -0.4 is 0 Å². The number of rotatable bonds is 11. The zero-order valence-corrected chi connectivity index (χ0v) is 17.2. The molecule has 1 saturated carbocycles. The largest absolute Gasteiger partial charge is 0.467 e. The molecule has 0 aromatic carbocycles. The summed E-state index contributed by atoms with van der Waals surface area (Å²) in [7, 11) is 1.23. The van der Waals surface area contributed by atoms with Gasteiger partial charge in [-0.25, -0.2) is 4.79 Å². The Bertz CT molecular complexity index is 612. The van der Waals surface area contributed by atoms with Gasteiger partial charge in [-0.05, 0) is 31.6 Å². The summed E-state index contributed by atoms with van der Waals surface area (Å²) in [5.74, 6) is 5.53. The van der Waals surface area contributed by atoms with Gasteiger partial charge < -0.3 is 14.9 Å². The lowest BCUT2D eigenvalue weighted by Gasteiger charge is -2.22. The molecule has 28 heavy (non-hydrogen) atoms. The summed E-state index contributed by atoms with van der Waals surface area (Å²) >= 11 is 0. The van der Waals surface area contributed by atoms with E-state index in [1.807, 2.05) is 12.2 Å². The summed E-state index contributed by atoms with van der Waals surface area (Å²) in [5, 5.41) is 20.0. The number of Topliss-reactive ketones (excluding diaryl/α,β-unsaturated/α-hetero) is 1. The third kappa shape index (κ3) is 8.00. The summed E-state index contributed by atoms with van der Waals surface area (Å²) in [6.07, 6.45) is 10.1. The monoisotopic (exact) mass is 390 g/mol. The lowest BCUT2D eigenvalue weighted by molar-refractivity contribution is -0.150. The molecular formula is C23H34O5. The second-order valence-electron chi connectivity index (χ2n) is 7.45. The molecule has 0 spiro atoms. The lowest BCUT2D eigenvalue weighted by atomic mass is 9.89. The quantitative estimate of drug-likeness (QED) is 0.321. The Balaban J connectivity index is 2.53. The highest BCUT2D eigenvalue weighted by molar-refractivity contribution is 5.84. The molecule has 1 rings (SSSR count). The van der Waals surface area contributed by atoms with E-state index in [4.69, 9.17) is 0 Å². The first-order valence-corrected chi connectivity index (χ1v) is 10.1. The molecule has 0 saturated heterocycles. The molecule has 0 amide bonds. The minimum atomic E-state index is -1.15. The second kappa shape index (κ2) is 12.5. The number of allylic oxidation sites excluding steroid dienone is 1. The van der Waals surface area contributed by atoms with Crippen molar-refractivity contribution in [3.63, 3.8) is 0 Å². The number of aliphatic hydroxyl groups is 2. The zero-order chi connectivity index (χ0) is 21.0. The molecule has 5 heteroatoms. The molecule has 1 aliphatic carbocycles. The number of carbonyl (C=O) groups is 2. The fraction of sp³-hybridized carbons (Fsp3) is 0.652. The number of ether oxygens (including phenoxy) is 1. The van der Waals surface area contributed by atoms with E-state index in [-0.39, 0.29) is 24.0 Å². The van der Waals surface area contributed by atoms with Crippen molar-refractivity contribution in [2.45, 2.75) is 76.4 Å². The van der Waals surface area contributed by atoms with Gasteiger partial charge in [-0.2, -0.15) is 0 Å². The van der Waals surface area contributed by atoms with E-state index in [9.17, 15) is 19.8 Å². The molecule has 0 aromatic heterocycles. The Morgan fingerprint density at radius 2 is 2.21 bits per heavy atom. The number of ketones is 1. The van der Waals surface area contributed by atoms with E-state index >= 15 is 0 Å². The summed E-state index contributed by atoms with van der Waals surface area (Å²) in [5.41, 5.74) is -0.884. The number of aliphatic hydroxyl groups excluding tert-OH is 1. The van der Waals surface area contributed by atoms with Crippen molar-refractivity contribution in [2.75, 3.05) is 7.11 Å². The van der Waals surface area contributed by atoms with Crippen LogP contribution in [0.5, 0.6) is 0 Å². The molecule has 4 atom stereocenters. The third-order valence-corrected chi connectivity index (χ3v) is 5.32. The highest BCUT2D eigenvalue weighted by Gasteiger charge is 2.32. The number of carbonyl (C=O) groups excluding carboxylic acids is 2. The second-order valence-corrected chi connectivity index (χ2v) is 7.45. The molecule has 2 unspecified atom stereocenters. The molecule has 1 fully saturated rings. The first kappa shape index (κ1) is 24.1. The van der Waals surface area contributed by atoms with Crippen molar-refractivity contribution in [3.8, 4) is 11.8 Å². The summed E-state index contributed by atoms with van der Waals surface area (Å²) in [6, 6.07) is 0. The van der Waals surface area contributed by atoms with Gasteiger partial charge in [0.05, 0.1) is 12.7 Å². The topological polar surface area (TPSA) is 83.8 Å². The standard InChI is InChI=1S/C23H34O5/c1-4-6-16-23(27,5-2)17-10-11-18-14-15-20(24)19(18)12-8-7-9-13-21(25)22(26)28-3/h5,10-11,18-19,21,25,27H,2,4,6,9,12-17H2,1,3H3/t18-,19+,21?,23?/m0/s1. The van der Waals surface area contributed by atoms with Crippen LogP contribution >= 0.6 is 0 Å². The number of methoxy groups -OCH3 is 1. The maximum Gasteiger partial charge on any atom is 0.334 e. The number of esters is 1. The Morgan fingerprint density at radius 1 is 1.46 bits per heavy atom. The van der Waals surface area contributed by atoms with E-state index < -0.39 is 17.7 Å². The Labute approximate surface area is 168 Å². The average molecular weight is 391 g/mol. The summed E-state index contributed by atoms with van der Waals surface area (Å²) in [6.45, 7) is 5.84. The smallest absolute Gasteiger partial charge is 0.334 e. The molecule has 1 aliphatic rings. The van der Waals surface area contributed by atoms with Crippen molar-refractivity contribution in [1.82, 2.24) is 0 Å². The van der Waals surface area contributed by atoms with E-state index in [1.54, 1.807) is 6.08 Å². The minimum absolute atomic E-state index is 0.123. The van der Waals surface area contributed by atoms with Crippen LogP contribution in [-0.4, -0.2) is 40.8 Å². The number of unbranched alkanes of at least 4 members (excludes halogenated alkanes) is 1. The number of hydrogen-bond donors (Lipinski definition) is 2. The first-order chi connectivity index (χ1) is 13.4. The molecule has 0 heterocycles. The van der Waals surface area contributed by atoms with Gasteiger partial charge in [-0.3, -0.25) is 4.79 Å². The SMILES string of the molecule is C=CC(O)(CC=C[C@H]1CCC(=O)[C@@H]1CC#CCCC(O)C(=O)OC)CCCC. The van der Waals surface area contributed by atoms with Crippen LogP contribution in [0.4, 0.5) is 0 Å². The maximum absolute atomic E-state index is 12.2. The highest BCUT2D eigenvalue weighted by Crippen LogP contribution is 2.33. The van der Waals surface area contributed by atoms with Crippen LogP contribution in [0.2, 0.25) is 0 Å². The van der Waals surface area contributed by atoms with Crippen LogP contribution in [0.15, 0.2) is 24.8 Å². The van der Waals surface area contributed by atoms with E-state index in [1.165, 1.54) is 7.11 Å². The van der Waals surface area contributed by atoms with Crippen LogP contribution in [-0.2, 0) is 14.3 Å². The van der Waals surface area contributed by atoms with Gasteiger partial charge >= 0.3 is 5.97 Å². The van der Waals surface area contributed by atoms with Crippen LogP contribution in [0.25, 0.3) is 0 Å². The van der Waals surface area contributed by atoms with Gasteiger partial charge in [0.15, 0.2) is 6.10 Å². The Kier molecular flexibility index (Phi) is 10.8. The van der Waals surface area contributed by atoms with Crippen molar-refractivity contribution in [3.05, 3.63) is 24.8 Å². The van der Waals surface area contributed by atoms with Crippen LogP contribution in [0, 0.1) is 23.7 Å². The van der Waals surface area contributed by atoms with E-state index in [0.29, 0.717) is 32.1 Å². The number of hydrogen-bond acceptors (Lipinski definition) is 5. The molecule has 0 radical (unpaired) electrons. The van der Waals surface area contributed by atoms with Crippen molar-refractivity contribution >= 4 is 11.8 Å². The Hall–Kier alpha value is -1.90. The molecular weight excluding hydrogens is 356 g/mol. The van der Waals surface area contributed by atoms with Crippen LogP contribution in [0.1, 0.15) is 64.7 Å². The van der Waals surface area contributed by atoms with Gasteiger partial charge in [-0.15, -0.1) is 18.4 Å². The van der Waals surface area contributed by atoms with Crippen LogP contribution in [0.3, 0.4) is 0 Å².